The first-order valence-electron chi connectivity index (χ1n) is 8.35. The zero-order chi connectivity index (χ0) is 17.3. The molecule has 2 fully saturated rings. The molecule has 24 heavy (non-hydrogen) atoms. The number of aryl methyl sites for hydroxylation is 1. The monoisotopic (exact) mass is 339 g/mol. The van der Waals surface area contributed by atoms with Gasteiger partial charge in [-0.2, -0.15) is 5.10 Å². The highest BCUT2D eigenvalue weighted by molar-refractivity contribution is 5.87. The molecule has 1 aromatic rings. The van der Waals surface area contributed by atoms with Crippen LogP contribution in [0.2, 0.25) is 0 Å². The number of aromatic nitrogens is 2. The number of halogens is 1. The highest BCUT2D eigenvalue weighted by atomic mass is 19.1. The fourth-order valence-electron chi connectivity index (χ4n) is 3.61. The first-order chi connectivity index (χ1) is 11.4. The number of methoxy groups -OCH3 is 1. The summed E-state index contributed by atoms with van der Waals surface area (Å²) in [4.78, 5) is 14.4. The molecular formula is C16H26FN5O2. The predicted octanol–water partition coefficient (Wildman–Crippen LogP) is -0.0450. The second-order valence-electron chi connectivity index (χ2n) is 7.07. The van der Waals surface area contributed by atoms with Crippen LogP contribution in [0.1, 0.15) is 24.8 Å². The first kappa shape index (κ1) is 17.3. The summed E-state index contributed by atoms with van der Waals surface area (Å²) in [6, 6.07) is -0.0222. The molecule has 2 heterocycles. The quantitative estimate of drug-likeness (QED) is 0.759. The van der Waals surface area contributed by atoms with Gasteiger partial charge in [0.2, 0.25) is 5.91 Å². The third-order valence-electron chi connectivity index (χ3n) is 5.09. The molecule has 2 atom stereocenters. The number of carbonyl (C=O) groups excluding carboxylic acids is 1. The summed E-state index contributed by atoms with van der Waals surface area (Å²) in [6.07, 6.45) is 4.40. The normalized spacial score (nSPS) is 33.4. The average molecular weight is 339 g/mol. The third-order valence-corrected chi connectivity index (χ3v) is 5.09. The van der Waals surface area contributed by atoms with Crippen molar-refractivity contribution in [3.63, 3.8) is 0 Å². The van der Waals surface area contributed by atoms with Gasteiger partial charge < -0.3 is 15.8 Å². The van der Waals surface area contributed by atoms with Crippen LogP contribution in [-0.2, 0) is 23.1 Å². The summed E-state index contributed by atoms with van der Waals surface area (Å²) >= 11 is 0. The lowest BCUT2D eigenvalue weighted by molar-refractivity contribution is -0.135. The Morgan fingerprint density at radius 1 is 1.58 bits per heavy atom. The number of hydrogen-bond acceptors (Lipinski definition) is 5. The largest absolute Gasteiger partial charge is 0.381 e. The molecule has 1 aromatic heterocycles. The number of amides is 1. The van der Waals surface area contributed by atoms with Crippen molar-refractivity contribution in [2.75, 3.05) is 20.2 Å². The van der Waals surface area contributed by atoms with Crippen LogP contribution >= 0.6 is 0 Å². The van der Waals surface area contributed by atoms with Gasteiger partial charge in [0.1, 0.15) is 11.7 Å². The molecule has 1 aliphatic carbocycles. The summed E-state index contributed by atoms with van der Waals surface area (Å²) in [7, 11) is 3.48. The van der Waals surface area contributed by atoms with Crippen molar-refractivity contribution < 1.29 is 13.9 Å². The maximum Gasteiger partial charge on any atom is 0.240 e. The minimum atomic E-state index is -0.864. The summed E-state index contributed by atoms with van der Waals surface area (Å²) < 4.78 is 20.8. The molecule has 134 valence electrons. The minimum Gasteiger partial charge on any atom is -0.381 e. The number of carbonyl (C=O) groups is 1. The molecular weight excluding hydrogens is 313 g/mol. The third kappa shape index (κ3) is 3.60. The van der Waals surface area contributed by atoms with Crippen LogP contribution in [0.5, 0.6) is 0 Å². The number of hydrogen-bond donors (Lipinski definition) is 2. The SMILES string of the molecule is COC1CC(N)(C(=O)NC[C@@H]2C[C@H](F)CN2Cc2cnn(C)c2)C1. The molecule has 7 nitrogen and oxygen atoms in total. The Bertz CT molecular complexity index is 587. The Hall–Kier alpha value is -1.51. The number of nitrogens with two attached hydrogens (primary N) is 1. The average Bonchev–Trinajstić information content (AvgIpc) is 3.07. The molecule has 0 spiro atoms. The number of nitrogens with zero attached hydrogens (tertiary/aromatic N) is 3. The number of rotatable bonds is 6. The van der Waals surface area contributed by atoms with Crippen LogP contribution in [0.3, 0.4) is 0 Å². The van der Waals surface area contributed by atoms with Gasteiger partial charge in [-0.05, 0) is 6.42 Å². The van der Waals surface area contributed by atoms with Gasteiger partial charge in [-0.1, -0.05) is 0 Å². The van der Waals surface area contributed by atoms with Crippen LogP contribution in [0.25, 0.3) is 0 Å². The van der Waals surface area contributed by atoms with Crippen LogP contribution in [0.15, 0.2) is 12.4 Å². The molecule has 1 aliphatic heterocycles. The predicted molar refractivity (Wildman–Crippen MR) is 86.9 cm³/mol. The van der Waals surface area contributed by atoms with E-state index in [9.17, 15) is 9.18 Å². The van der Waals surface area contributed by atoms with Gasteiger partial charge in [0, 0.05) is 64.4 Å². The van der Waals surface area contributed by atoms with E-state index in [1.54, 1.807) is 18.0 Å². The van der Waals surface area contributed by atoms with Crippen molar-refractivity contribution in [1.82, 2.24) is 20.0 Å². The molecule has 3 N–H and O–H groups in total. The molecule has 0 unspecified atom stereocenters. The number of likely N-dealkylation sites (tertiary alicyclic amines) is 1. The number of nitrogens with one attached hydrogen (secondary N) is 1. The fourth-order valence-corrected chi connectivity index (χ4v) is 3.61. The standard InChI is InChI=1S/C16H26FN5O2/c1-21-8-11(6-20-21)9-22-10-12(17)3-13(22)7-19-15(23)16(18)4-14(5-16)24-2/h6,8,12-14H,3-5,7,9-10,18H2,1-2H3,(H,19,23)/t12-,13-,14?,16?/m0/s1. The van der Waals surface area contributed by atoms with Gasteiger partial charge >= 0.3 is 0 Å². The molecule has 0 aromatic carbocycles. The molecule has 0 bridgehead atoms. The van der Waals surface area contributed by atoms with Gasteiger partial charge in [0.15, 0.2) is 0 Å². The van der Waals surface area contributed by atoms with Crippen LogP contribution in [0, 0.1) is 0 Å². The highest BCUT2D eigenvalue weighted by Gasteiger charge is 2.47. The van der Waals surface area contributed by atoms with E-state index < -0.39 is 11.7 Å². The lowest BCUT2D eigenvalue weighted by Gasteiger charge is -2.42. The summed E-state index contributed by atoms with van der Waals surface area (Å²) in [5.74, 6) is -0.167. The Balaban J connectivity index is 1.52. The molecule has 1 amide bonds. The smallest absolute Gasteiger partial charge is 0.240 e. The van der Waals surface area contributed by atoms with Crippen molar-refractivity contribution in [3.05, 3.63) is 18.0 Å². The van der Waals surface area contributed by atoms with E-state index in [0.717, 1.165) is 5.56 Å². The lowest BCUT2D eigenvalue weighted by Crippen LogP contribution is -2.64. The molecule has 2 aliphatic rings. The van der Waals surface area contributed by atoms with Crippen molar-refractivity contribution in [1.29, 1.82) is 0 Å². The number of alkyl halides is 1. The molecule has 1 saturated carbocycles. The van der Waals surface area contributed by atoms with Crippen molar-refractivity contribution in [2.45, 2.75) is 49.7 Å². The summed E-state index contributed by atoms with van der Waals surface area (Å²) in [5, 5.41) is 7.05. The second kappa shape index (κ2) is 6.78. The van der Waals surface area contributed by atoms with Crippen LogP contribution in [0.4, 0.5) is 4.39 Å². The van der Waals surface area contributed by atoms with E-state index in [-0.39, 0.29) is 18.1 Å². The fraction of sp³-hybridized carbons (Fsp3) is 0.750. The Labute approximate surface area is 141 Å². The van der Waals surface area contributed by atoms with Crippen molar-refractivity contribution in [2.24, 2.45) is 12.8 Å². The highest BCUT2D eigenvalue weighted by Crippen LogP contribution is 2.32. The van der Waals surface area contributed by atoms with Crippen LogP contribution in [-0.4, -0.2) is 64.6 Å². The lowest BCUT2D eigenvalue weighted by atomic mass is 9.74. The molecule has 3 rings (SSSR count). The minimum absolute atomic E-state index is 0.0222. The summed E-state index contributed by atoms with van der Waals surface area (Å²) in [6.45, 7) is 1.43. The van der Waals surface area contributed by atoms with E-state index in [1.165, 1.54) is 0 Å². The number of ether oxygens (including phenoxy) is 1. The second-order valence-corrected chi connectivity index (χ2v) is 7.07. The van der Waals surface area contributed by atoms with Gasteiger partial charge in [-0.15, -0.1) is 0 Å². The zero-order valence-corrected chi connectivity index (χ0v) is 14.2. The molecule has 1 saturated heterocycles. The Kier molecular flexibility index (Phi) is 4.89. The molecule has 0 radical (unpaired) electrons. The first-order valence-corrected chi connectivity index (χ1v) is 8.35. The zero-order valence-electron chi connectivity index (χ0n) is 14.2. The van der Waals surface area contributed by atoms with E-state index in [1.807, 2.05) is 13.2 Å². The van der Waals surface area contributed by atoms with E-state index in [0.29, 0.717) is 38.9 Å². The Morgan fingerprint density at radius 3 is 2.96 bits per heavy atom. The Morgan fingerprint density at radius 2 is 2.33 bits per heavy atom. The van der Waals surface area contributed by atoms with E-state index in [4.69, 9.17) is 10.5 Å². The van der Waals surface area contributed by atoms with E-state index >= 15 is 0 Å². The van der Waals surface area contributed by atoms with Crippen LogP contribution < -0.4 is 11.1 Å². The molecule has 8 heteroatoms. The van der Waals surface area contributed by atoms with Gasteiger partial charge in [0.05, 0.1) is 12.3 Å². The van der Waals surface area contributed by atoms with Gasteiger partial charge in [-0.25, -0.2) is 4.39 Å². The maximum atomic E-state index is 13.8. The topological polar surface area (TPSA) is 85.4 Å². The van der Waals surface area contributed by atoms with Gasteiger partial charge in [-0.3, -0.25) is 14.4 Å². The van der Waals surface area contributed by atoms with Gasteiger partial charge in [0.25, 0.3) is 0 Å². The maximum absolute atomic E-state index is 13.8. The summed E-state index contributed by atoms with van der Waals surface area (Å²) in [5.41, 5.74) is 6.29. The van der Waals surface area contributed by atoms with E-state index in [2.05, 4.69) is 15.3 Å². The van der Waals surface area contributed by atoms with Crippen molar-refractivity contribution >= 4 is 5.91 Å². The van der Waals surface area contributed by atoms with Crippen molar-refractivity contribution in [3.8, 4) is 0 Å².